The van der Waals surface area contributed by atoms with Gasteiger partial charge in [0.2, 0.25) is 16.9 Å². The number of amides is 2. The Balaban J connectivity index is 2.29. The van der Waals surface area contributed by atoms with E-state index in [1.165, 1.54) is 6.92 Å². The number of hydrogen-bond donors (Lipinski definition) is 1. The molecule has 0 aromatic heterocycles. The van der Waals surface area contributed by atoms with Gasteiger partial charge in [0, 0.05) is 6.92 Å². The molecular weight excluding hydrogens is 346 g/mol. The minimum Gasteiger partial charge on any atom is -0.296 e. The van der Waals surface area contributed by atoms with Gasteiger partial charge >= 0.3 is 0 Å². The van der Waals surface area contributed by atoms with Gasteiger partial charge < -0.3 is 0 Å². The van der Waals surface area contributed by atoms with Crippen molar-refractivity contribution < 1.29 is 14.4 Å². The summed E-state index contributed by atoms with van der Waals surface area (Å²) in [5.41, 5.74) is 1.25. The molecule has 0 saturated heterocycles. The molecule has 2 rings (SSSR count). The second-order valence-corrected chi connectivity index (χ2v) is 6.59. The first-order chi connectivity index (χ1) is 11.4. The van der Waals surface area contributed by atoms with Gasteiger partial charge in [0.05, 0.1) is 5.75 Å². The molecule has 0 aliphatic rings. The van der Waals surface area contributed by atoms with Crippen LogP contribution in [-0.4, -0.2) is 22.7 Å². The minimum atomic E-state index is -1.40. The molecule has 0 saturated carbocycles. The van der Waals surface area contributed by atoms with E-state index in [-0.39, 0.29) is 10.9 Å². The van der Waals surface area contributed by atoms with Gasteiger partial charge in [0.1, 0.15) is 0 Å². The fraction of sp³-hybridized carbons (Fsp3) is 0.167. The average Bonchev–Trinajstić information content (AvgIpc) is 2.60. The lowest BCUT2D eigenvalue weighted by Crippen LogP contribution is -2.33. The van der Waals surface area contributed by atoms with Crippen LogP contribution >= 0.6 is 23.4 Å². The first-order valence-electron chi connectivity index (χ1n) is 7.22. The lowest BCUT2D eigenvalue weighted by atomic mass is 9.91. The van der Waals surface area contributed by atoms with Crippen molar-refractivity contribution in [1.82, 2.24) is 5.32 Å². The van der Waals surface area contributed by atoms with Gasteiger partial charge in [-0.1, -0.05) is 84.0 Å². The Kier molecular flexibility index (Phi) is 6.17. The number of alkyl halides is 1. The highest BCUT2D eigenvalue weighted by Gasteiger charge is 2.40. The van der Waals surface area contributed by atoms with Crippen LogP contribution in [0.5, 0.6) is 0 Å². The van der Waals surface area contributed by atoms with Gasteiger partial charge in [-0.15, -0.1) is 0 Å². The molecule has 124 valence electrons. The summed E-state index contributed by atoms with van der Waals surface area (Å²) in [4.78, 5) is 33.9. The monoisotopic (exact) mass is 361 g/mol. The summed E-state index contributed by atoms with van der Waals surface area (Å²) in [6, 6.07) is 18.0. The zero-order chi connectivity index (χ0) is 17.6. The molecule has 2 aromatic carbocycles. The third-order valence-electron chi connectivity index (χ3n) is 3.27. The zero-order valence-electron chi connectivity index (χ0n) is 13.0. The summed E-state index contributed by atoms with van der Waals surface area (Å²) in [7, 11) is 0. The van der Waals surface area contributed by atoms with E-state index in [1.54, 1.807) is 48.5 Å². The Morgan fingerprint density at radius 1 is 0.958 bits per heavy atom. The predicted octanol–water partition coefficient (Wildman–Crippen LogP) is 3.09. The summed E-state index contributed by atoms with van der Waals surface area (Å²) in [6.07, 6.45) is 0. The zero-order valence-corrected chi connectivity index (χ0v) is 14.6. The van der Waals surface area contributed by atoms with E-state index in [0.29, 0.717) is 11.1 Å². The summed E-state index contributed by atoms with van der Waals surface area (Å²) in [5.74, 6) is -1.16. The molecule has 24 heavy (non-hydrogen) atoms. The first kappa shape index (κ1) is 18.2. The molecule has 0 atom stereocenters. The summed E-state index contributed by atoms with van der Waals surface area (Å²) >= 11 is 7.55. The van der Waals surface area contributed by atoms with Gasteiger partial charge in [-0.05, 0) is 11.1 Å². The van der Waals surface area contributed by atoms with Gasteiger partial charge in [0.25, 0.3) is 0 Å². The molecule has 0 radical (unpaired) electrons. The van der Waals surface area contributed by atoms with Crippen molar-refractivity contribution in [2.45, 2.75) is 11.8 Å². The molecule has 0 unspecified atom stereocenters. The Morgan fingerprint density at radius 2 is 1.42 bits per heavy atom. The predicted molar refractivity (Wildman–Crippen MR) is 95.8 cm³/mol. The Bertz CT molecular complexity index is 695. The Labute approximate surface area is 149 Å². The largest absolute Gasteiger partial charge is 0.296 e. The Morgan fingerprint density at radius 3 is 1.83 bits per heavy atom. The van der Waals surface area contributed by atoms with E-state index >= 15 is 0 Å². The maximum atomic E-state index is 12.8. The van der Waals surface area contributed by atoms with Gasteiger partial charge in [0.15, 0.2) is 4.87 Å². The topological polar surface area (TPSA) is 63.2 Å². The molecule has 0 heterocycles. The Hall–Kier alpha value is -2.11. The quantitative estimate of drug-likeness (QED) is 0.831. The lowest BCUT2D eigenvalue weighted by Gasteiger charge is -2.26. The molecule has 2 amide bonds. The fourth-order valence-electron chi connectivity index (χ4n) is 2.20. The SMILES string of the molecule is CC(=O)NC(=O)CSC(=O)C(Cl)(c1ccccc1)c1ccccc1. The summed E-state index contributed by atoms with van der Waals surface area (Å²) in [6.45, 7) is 1.24. The van der Waals surface area contributed by atoms with E-state index in [4.69, 9.17) is 11.6 Å². The normalized spacial score (nSPS) is 10.9. The summed E-state index contributed by atoms with van der Waals surface area (Å²) < 4.78 is 0. The molecule has 0 aliphatic heterocycles. The number of carbonyl (C=O) groups is 3. The molecule has 0 fully saturated rings. The highest BCUT2D eigenvalue weighted by Crippen LogP contribution is 2.40. The van der Waals surface area contributed by atoms with Gasteiger partial charge in [-0.25, -0.2) is 0 Å². The standard InChI is InChI=1S/C18H16ClNO3S/c1-13(21)20-16(22)12-24-17(23)18(19,14-8-4-2-5-9-14)15-10-6-3-7-11-15/h2-11H,12H2,1H3,(H,20,21,22). The molecular formula is C18H16ClNO3S. The van der Waals surface area contributed by atoms with Crippen LogP contribution < -0.4 is 5.32 Å². The van der Waals surface area contributed by atoms with Crippen LogP contribution in [0.3, 0.4) is 0 Å². The van der Waals surface area contributed by atoms with Crippen LogP contribution in [0.1, 0.15) is 18.1 Å². The van der Waals surface area contributed by atoms with Crippen LogP contribution in [0.2, 0.25) is 0 Å². The van der Waals surface area contributed by atoms with E-state index in [1.807, 2.05) is 12.1 Å². The van der Waals surface area contributed by atoms with Crippen LogP contribution in [0.4, 0.5) is 0 Å². The van der Waals surface area contributed by atoms with Crippen molar-refractivity contribution in [3.05, 3.63) is 71.8 Å². The lowest BCUT2D eigenvalue weighted by molar-refractivity contribution is -0.127. The number of hydrogen-bond acceptors (Lipinski definition) is 4. The van der Waals surface area contributed by atoms with Crippen LogP contribution in [0.15, 0.2) is 60.7 Å². The van der Waals surface area contributed by atoms with Gasteiger partial charge in [-0.3, -0.25) is 19.7 Å². The highest BCUT2D eigenvalue weighted by atomic mass is 35.5. The van der Waals surface area contributed by atoms with E-state index in [9.17, 15) is 14.4 Å². The van der Waals surface area contributed by atoms with Crippen LogP contribution in [0, 0.1) is 0 Å². The molecule has 2 aromatic rings. The van der Waals surface area contributed by atoms with Crippen molar-refractivity contribution in [3.8, 4) is 0 Å². The molecule has 1 N–H and O–H groups in total. The molecule has 0 bridgehead atoms. The number of nitrogens with one attached hydrogen (secondary N) is 1. The third-order valence-corrected chi connectivity index (χ3v) is 4.97. The number of imide groups is 1. The second kappa shape index (κ2) is 8.13. The van der Waals surface area contributed by atoms with Crippen molar-refractivity contribution in [3.63, 3.8) is 0 Å². The van der Waals surface area contributed by atoms with Crippen molar-refractivity contribution in [1.29, 1.82) is 0 Å². The van der Waals surface area contributed by atoms with Crippen molar-refractivity contribution in [2.75, 3.05) is 5.75 Å². The fourth-order valence-corrected chi connectivity index (χ4v) is 3.39. The van der Waals surface area contributed by atoms with Crippen LogP contribution in [-0.2, 0) is 19.3 Å². The molecule has 4 nitrogen and oxygen atoms in total. The highest BCUT2D eigenvalue weighted by molar-refractivity contribution is 8.14. The summed E-state index contributed by atoms with van der Waals surface area (Å²) in [5, 5.41) is 1.76. The number of thioether (sulfide) groups is 1. The maximum absolute atomic E-state index is 12.8. The average molecular weight is 362 g/mol. The molecule has 0 spiro atoms. The van der Waals surface area contributed by atoms with Gasteiger partial charge in [-0.2, -0.15) is 0 Å². The second-order valence-electron chi connectivity index (χ2n) is 5.07. The van der Waals surface area contributed by atoms with Crippen molar-refractivity contribution in [2.24, 2.45) is 0 Å². The number of benzene rings is 2. The van der Waals surface area contributed by atoms with E-state index in [2.05, 4.69) is 5.32 Å². The molecule has 6 heteroatoms. The molecule has 0 aliphatic carbocycles. The number of rotatable bonds is 5. The number of carbonyl (C=O) groups excluding carboxylic acids is 3. The minimum absolute atomic E-state index is 0.174. The third kappa shape index (κ3) is 4.24. The van der Waals surface area contributed by atoms with Crippen LogP contribution in [0.25, 0.3) is 0 Å². The smallest absolute Gasteiger partial charge is 0.237 e. The van der Waals surface area contributed by atoms with E-state index < -0.39 is 16.7 Å². The van der Waals surface area contributed by atoms with E-state index in [0.717, 1.165) is 11.8 Å². The number of halogens is 1. The van der Waals surface area contributed by atoms with Crippen molar-refractivity contribution >= 4 is 40.3 Å². The first-order valence-corrected chi connectivity index (χ1v) is 8.58. The maximum Gasteiger partial charge on any atom is 0.237 e.